The molecular weight excluding hydrogens is 236 g/mol. The Balaban J connectivity index is 1.94. The van der Waals surface area contributed by atoms with Crippen molar-refractivity contribution < 1.29 is 0 Å². The first-order valence-electron chi connectivity index (χ1n) is 6.14. The van der Waals surface area contributed by atoms with Gasteiger partial charge < -0.3 is 11.1 Å². The summed E-state index contributed by atoms with van der Waals surface area (Å²) in [5.41, 5.74) is 9.10. The van der Waals surface area contributed by atoms with Gasteiger partial charge in [0.05, 0.1) is 11.6 Å². The number of benzene rings is 1. The van der Waals surface area contributed by atoms with Crippen LogP contribution in [-0.2, 0) is 6.42 Å². The zero-order chi connectivity index (χ0) is 13.7. The van der Waals surface area contributed by atoms with Crippen LogP contribution in [-0.4, -0.2) is 11.5 Å². The molecule has 19 heavy (non-hydrogen) atoms. The second-order valence-corrected chi connectivity index (χ2v) is 4.41. The third-order valence-electron chi connectivity index (χ3n) is 2.78. The number of nitrogens with zero attached hydrogens (tertiary/aromatic N) is 2. The molecule has 2 rings (SSSR count). The lowest BCUT2D eigenvalue weighted by Crippen LogP contribution is -2.07. The fourth-order valence-electron chi connectivity index (χ4n) is 1.84. The molecule has 0 aliphatic carbocycles. The fraction of sp³-hybridized carbons (Fsp3) is 0.200. The van der Waals surface area contributed by atoms with Crippen molar-refractivity contribution in [2.45, 2.75) is 13.3 Å². The lowest BCUT2D eigenvalue weighted by atomic mass is 10.1. The van der Waals surface area contributed by atoms with Gasteiger partial charge >= 0.3 is 0 Å². The van der Waals surface area contributed by atoms with E-state index < -0.39 is 0 Å². The highest BCUT2D eigenvalue weighted by Crippen LogP contribution is 2.10. The van der Waals surface area contributed by atoms with E-state index in [4.69, 9.17) is 11.0 Å². The summed E-state index contributed by atoms with van der Waals surface area (Å²) in [6.45, 7) is 2.65. The molecule has 4 nitrogen and oxygen atoms in total. The van der Waals surface area contributed by atoms with Crippen LogP contribution in [0.25, 0.3) is 0 Å². The first-order chi connectivity index (χ1) is 9.17. The monoisotopic (exact) mass is 252 g/mol. The molecule has 0 unspecified atom stereocenters. The number of hydrogen-bond acceptors (Lipinski definition) is 4. The number of aryl methyl sites for hydroxylation is 1. The molecule has 0 atom stereocenters. The minimum absolute atomic E-state index is 0.627. The molecule has 0 radical (unpaired) electrons. The van der Waals surface area contributed by atoms with Crippen LogP contribution in [0.5, 0.6) is 0 Å². The molecule has 96 valence electrons. The third-order valence-corrected chi connectivity index (χ3v) is 2.78. The minimum Gasteiger partial charge on any atom is -0.399 e. The maximum Gasteiger partial charge on any atom is 0.127 e. The smallest absolute Gasteiger partial charge is 0.127 e. The molecule has 1 heterocycles. The highest BCUT2D eigenvalue weighted by Gasteiger charge is 1.99. The summed E-state index contributed by atoms with van der Waals surface area (Å²) in [7, 11) is 0. The fourth-order valence-corrected chi connectivity index (χ4v) is 1.84. The normalized spacial score (nSPS) is 9.89. The van der Waals surface area contributed by atoms with Crippen LogP contribution in [0.15, 0.2) is 36.4 Å². The topological polar surface area (TPSA) is 74.7 Å². The number of nitrogens with two attached hydrogens (primary N) is 1. The molecule has 0 aliphatic rings. The molecule has 0 saturated carbocycles. The maximum absolute atomic E-state index is 8.90. The standard InChI is InChI=1S/C15H16N4/c1-11-8-13(10-16)9-15(19-11)18-7-6-12-2-4-14(17)5-3-12/h2-5,8-9H,6-7,17H2,1H3,(H,18,19). The number of nitrogens with one attached hydrogen (secondary N) is 1. The lowest BCUT2D eigenvalue weighted by Gasteiger charge is -2.07. The van der Waals surface area contributed by atoms with Crippen molar-refractivity contribution in [3.63, 3.8) is 0 Å². The van der Waals surface area contributed by atoms with E-state index in [0.29, 0.717) is 5.56 Å². The number of rotatable bonds is 4. The molecule has 3 N–H and O–H groups in total. The van der Waals surface area contributed by atoms with Crippen molar-refractivity contribution in [1.29, 1.82) is 5.26 Å². The molecule has 0 bridgehead atoms. The molecule has 0 aliphatic heterocycles. The van der Waals surface area contributed by atoms with Gasteiger partial charge in [0.25, 0.3) is 0 Å². The molecule has 1 aromatic heterocycles. The van der Waals surface area contributed by atoms with E-state index >= 15 is 0 Å². The molecule has 2 aromatic rings. The second-order valence-electron chi connectivity index (χ2n) is 4.41. The van der Waals surface area contributed by atoms with Gasteiger partial charge in [-0.15, -0.1) is 0 Å². The quantitative estimate of drug-likeness (QED) is 0.820. The predicted octanol–water partition coefficient (Wildman–Crippen LogP) is 2.50. The maximum atomic E-state index is 8.90. The third kappa shape index (κ3) is 3.71. The van der Waals surface area contributed by atoms with Crippen LogP contribution < -0.4 is 11.1 Å². The van der Waals surface area contributed by atoms with E-state index in [1.165, 1.54) is 5.56 Å². The van der Waals surface area contributed by atoms with Crippen molar-refractivity contribution in [3.8, 4) is 6.07 Å². The van der Waals surface area contributed by atoms with E-state index in [0.717, 1.165) is 30.2 Å². The average molecular weight is 252 g/mol. The van der Waals surface area contributed by atoms with Gasteiger partial charge in [0.15, 0.2) is 0 Å². The SMILES string of the molecule is Cc1cc(C#N)cc(NCCc2ccc(N)cc2)n1. The zero-order valence-corrected chi connectivity index (χ0v) is 10.9. The molecule has 0 fully saturated rings. The summed E-state index contributed by atoms with van der Waals surface area (Å²) in [6.07, 6.45) is 0.887. The van der Waals surface area contributed by atoms with Crippen LogP contribution >= 0.6 is 0 Å². The Morgan fingerprint density at radius 1 is 1.26 bits per heavy atom. The Morgan fingerprint density at radius 2 is 2.00 bits per heavy atom. The summed E-state index contributed by atoms with van der Waals surface area (Å²) in [5.74, 6) is 0.743. The molecular formula is C15H16N4. The average Bonchev–Trinajstić information content (AvgIpc) is 2.40. The lowest BCUT2D eigenvalue weighted by molar-refractivity contribution is 1.00. The van der Waals surface area contributed by atoms with E-state index in [9.17, 15) is 0 Å². The summed E-state index contributed by atoms with van der Waals surface area (Å²) >= 11 is 0. The predicted molar refractivity (Wildman–Crippen MR) is 76.7 cm³/mol. The van der Waals surface area contributed by atoms with Gasteiger partial charge in [0, 0.05) is 17.9 Å². The summed E-state index contributed by atoms with van der Waals surface area (Å²) in [5, 5.41) is 12.1. The molecule has 0 amide bonds. The van der Waals surface area contributed by atoms with E-state index in [1.807, 2.05) is 31.2 Å². The molecule has 4 heteroatoms. The molecule has 0 saturated heterocycles. The van der Waals surface area contributed by atoms with Gasteiger partial charge in [-0.1, -0.05) is 12.1 Å². The van der Waals surface area contributed by atoms with Crippen molar-refractivity contribution in [2.24, 2.45) is 0 Å². The van der Waals surface area contributed by atoms with Gasteiger partial charge in [-0.25, -0.2) is 4.98 Å². The van der Waals surface area contributed by atoms with Crippen molar-refractivity contribution in [3.05, 3.63) is 53.2 Å². The largest absolute Gasteiger partial charge is 0.399 e. The van der Waals surface area contributed by atoms with Crippen LogP contribution in [0.3, 0.4) is 0 Å². The first-order valence-corrected chi connectivity index (χ1v) is 6.14. The van der Waals surface area contributed by atoms with Crippen LogP contribution in [0.2, 0.25) is 0 Å². The number of nitrogen functional groups attached to an aromatic ring is 1. The van der Waals surface area contributed by atoms with Crippen molar-refractivity contribution in [1.82, 2.24) is 4.98 Å². The van der Waals surface area contributed by atoms with Gasteiger partial charge in [0.2, 0.25) is 0 Å². The first kappa shape index (κ1) is 12.9. The summed E-state index contributed by atoms with van der Waals surface area (Å²) in [4.78, 5) is 4.34. The van der Waals surface area contributed by atoms with E-state index in [2.05, 4.69) is 16.4 Å². The highest BCUT2D eigenvalue weighted by molar-refractivity contribution is 5.44. The van der Waals surface area contributed by atoms with Crippen molar-refractivity contribution >= 4 is 11.5 Å². The van der Waals surface area contributed by atoms with Gasteiger partial charge in [-0.2, -0.15) is 5.26 Å². The van der Waals surface area contributed by atoms with Crippen LogP contribution in [0.4, 0.5) is 11.5 Å². The summed E-state index contributed by atoms with van der Waals surface area (Å²) in [6, 6.07) is 13.5. The molecule has 1 aromatic carbocycles. The van der Waals surface area contributed by atoms with Gasteiger partial charge in [0.1, 0.15) is 5.82 Å². The Morgan fingerprint density at radius 3 is 2.68 bits per heavy atom. The molecule has 0 spiro atoms. The number of hydrogen-bond donors (Lipinski definition) is 2. The summed E-state index contributed by atoms with van der Waals surface area (Å²) < 4.78 is 0. The Bertz CT molecular complexity index is 597. The minimum atomic E-state index is 0.627. The van der Waals surface area contributed by atoms with E-state index in [1.54, 1.807) is 12.1 Å². The zero-order valence-electron chi connectivity index (χ0n) is 10.9. The van der Waals surface area contributed by atoms with Crippen molar-refractivity contribution in [2.75, 3.05) is 17.6 Å². The highest BCUT2D eigenvalue weighted by atomic mass is 15.0. The number of pyridine rings is 1. The Labute approximate surface area is 112 Å². The van der Waals surface area contributed by atoms with Gasteiger partial charge in [-0.3, -0.25) is 0 Å². The Kier molecular flexibility index (Phi) is 3.99. The number of anilines is 2. The van der Waals surface area contributed by atoms with E-state index in [-0.39, 0.29) is 0 Å². The van der Waals surface area contributed by atoms with Crippen LogP contribution in [0, 0.1) is 18.3 Å². The second kappa shape index (κ2) is 5.87. The number of aromatic nitrogens is 1. The van der Waals surface area contributed by atoms with Gasteiger partial charge in [-0.05, 0) is 43.2 Å². The Hall–Kier alpha value is -2.54. The number of nitriles is 1. The van der Waals surface area contributed by atoms with Crippen LogP contribution in [0.1, 0.15) is 16.8 Å².